The standard InChI is InChI=1S/C12H24N6O/c1-18-10(19)12(8-15-17-14,16-11(18)13)7-9-5-3-2-4-6-9/h9,14-15H,2-8,17H2,1H3,(H2,13,16). The lowest BCUT2D eigenvalue weighted by molar-refractivity contribution is -0.651. The molecule has 1 heterocycles. The molecular formula is C12H24N6O. The predicted octanol–water partition coefficient (Wildman–Crippen LogP) is -0.482. The van der Waals surface area contributed by atoms with E-state index in [2.05, 4.69) is 10.4 Å². The van der Waals surface area contributed by atoms with E-state index in [1.54, 1.807) is 7.05 Å². The largest absolute Gasteiger partial charge is 0.450 e. The second kappa shape index (κ2) is 5.85. The Morgan fingerprint density at radius 3 is 2.74 bits per heavy atom. The van der Waals surface area contributed by atoms with Gasteiger partial charge in [0.15, 0.2) is 11.5 Å². The molecule has 2 aliphatic rings. The number of carbonyl (C=O) groups excluding carboxylic acids is 1. The summed E-state index contributed by atoms with van der Waals surface area (Å²) in [6.45, 7) is 0.358. The highest BCUT2D eigenvalue weighted by Gasteiger charge is 2.47. The molecule has 6 N–H and O–H groups in total. The van der Waals surface area contributed by atoms with Gasteiger partial charge >= 0.3 is 0 Å². The van der Waals surface area contributed by atoms with Crippen LogP contribution in [-0.2, 0) is 4.79 Å². The summed E-state index contributed by atoms with van der Waals surface area (Å²) in [5, 5.41) is 0. The molecule has 0 aromatic heterocycles. The first-order chi connectivity index (χ1) is 9.09. The van der Waals surface area contributed by atoms with Crippen molar-refractivity contribution in [3.63, 3.8) is 0 Å². The van der Waals surface area contributed by atoms with Crippen LogP contribution >= 0.6 is 0 Å². The van der Waals surface area contributed by atoms with Gasteiger partial charge in [-0.2, -0.15) is 5.43 Å². The van der Waals surface area contributed by atoms with E-state index in [1.165, 1.54) is 37.0 Å². The minimum Gasteiger partial charge on any atom is -0.450 e. The average molecular weight is 268 g/mol. The number of nitrogens with two attached hydrogens (primary N) is 2. The number of quaternary nitrogens is 1. The van der Waals surface area contributed by atoms with Crippen molar-refractivity contribution in [2.75, 3.05) is 13.6 Å². The molecule has 7 heteroatoms. The van der Waals surface area contributed by atoms with Crippen LogP contribution in [0.1, 0.15) is 38.5 Å². The Labute approximate surface area is 113 Å². The number of hydrogen-bond donors (Lipinski definition) is 3. The molecule has 1 amide bonds. The van der Waals surface area contributed by atoms with E-state index >= 15 is 0 Å². The van der Waals surface area contributed by atoms with Crippen LogP contribution in [0, 0.1) is 5.92 Å². The van der Waals surface area contributed by atoms with Gasteiger partial charge in [0.25, 0.3) is 5.91 Å². The lowest BCUT2D eigenvalue weighted by Crippen LogP contribution is -2.87. The Kier molecular flexibility index (Phi) is 4.38. The van der Waals surface area contributed by atoms with Gasteiger partial charge in [-0.25, -0.2) is 4.99 Å². The van der Waals surface area contributed by atoms with E-state index in [9.17, 15) is 4.79 Å². The molecule has 1 fully saturated rings. The fourth-order valence-electron chi connectivity index (χ4n) is 3.17. The molecule has 2 rings (SSSR count). The lowest BCUT2D eigenvalue weighted by Gasteiger charge is -2.31. The molecule has 19 heavy (non-hydrogen) atoms. The Bertz CT molecular complexity index is 365. The molecule has 1 aliphatic carbocycles. The zero-order valence-electron chi connectivity index (χ0n) is 11.5. The normalized spacial score (nSPS) is 28.8. The summed E-state index contributed by atoms with van der Waals surface area (Å²) in [6.07, 6.45) is 6.83. The van der Waals surface area contributed by atoms with Crippen molar-refractivity contribution in [1.82, 2.24) is 10.3 Å². The molecule has 108 valence electrons. The van der Waals surface area contributed by atoms with E-state index < -0.39 is 5.54 Å². The minimum atomic E-state index is -0.807. The van der Waals surface area contributed by atoms with Gasteiger partial charge in [0.1, 0.15) is 0 Å². The lowest BCUT2D eigenvalue weighted by atomic mass is 9.79. The smallest absolute Gasteiger partial charge is 0.258 e. The Balaban J connectivity index is 2.13. The molecule has 1 aliphatic heterocycles. The van der Waals surface area contributed by atoms with Crippen LogP contribution in [0.15, 0.2) is 4.99 Å². The Hall–Kier alpha value is -1.18. The maximum absolute atomic E-state index is 12.4. The molecule has 1 atom stereocenters. The quantitative estimate of drug-likeness (QED) is 0.462. The highest BCUT2D eigenvalue weighted by atomic mass is 16.2. The average Bonchev–Trinajstić information content (AvgIpc) is 2.63. The van der Waals surface area contributed by atoms with Crippen LogP contribution in [0.4, 0.5) is 0 Å². The predicted molar refractivity (Wildman–Crippen MR) is 72.6 cm³/mol. The molecule has 0 saturated heterocycles. The molecule has 0 radical (unpaired) electrons. The van der Waals surface area contributed by atoms with Crippen LogP contribution in [0.3, 0.4) is 0 Å². The van der Waals surface area contributed by atoms with Crippen LogP contribution in [-0.4, -0.2) is 35.9 Å². The number of nitrogens with one attached hydrogen (secondary N) is 2. The first-order valence-electron chi connectivity index (χ1n) is 6.95. The van der Waals surface area contributed by atoms with E-state index in [-0.39, 0.29) is 11.9 Å². The van der Waals surface area contributed by atoms with Crippen molar-refractivity contribution < 1.29 is 10.3 Å². The fourth-order valence-corrected chi connectivity index (χ4v) is 3.17. The van der Waals surface area contributed by atoms with Crippen molar-refractivity contribution in [2.45, 2.75) is 44.1 Å². The van der Waals surface area contributed by atoms with Gasteiger partial charge < -0.3 is 17.1 Å². The number of hydrogen-bond acceptors (Lipinski definition) is 4. The van der Waals surface area contributed by atoms with Crippen molar-refractivity contribution in [2.24, 2.45) is 16.6 Å². The highest BCUT2D eigenvalue weighted by molar-refractivity contribution is 6.06. The number of carbonyl (C=O) groups is 1. The van der Waals surface area contributed by atoms with E-state index in [0.29, 0.717) is 12.5 Å². The monoisotopic (exact) mass is 268 g/mol. The molecule has 0 bridgehead atoms. The molecule has 0 aromatic carbocycles. The Morgan fingerprint density at radius 2 is 2.21 bits per heavy atom. The van der Waals surface area contributed by atoms with Gasteiger partial charge in [0.05, 0.1) is 6.54 Å². The minimum absolute atomic E-state index is 0.0510. The number of amides is 1. The third kappa shape index (κ3) is 2.88. The van der Waals surface area contributed by atoms with Crippen molar-refractivity contribution in [1.29, 1.82) is 0 Å². The Morgan fingerprint density at radius 1 is 1.53 bits per heavy atom. The number of rotatable bonds is 5. The zero-order chi connectivity index (χ0) is 13.9. The van der Waals surface area contributed by atoms with E-state index in [0.717, 1.165) is 12.0 Å². The van der Waals surface area contributed by atoms with Crippen LogP contribution in [0.2, 0.25) is 0 Å². The van der Waals surface area contributed by atoms with Crippen molar-refractivity contribution in [3.05, 3.63) is 5.84 Å². The molecular weight excluding hydrogens is 244 g/mol. The number of aliphatic imine (C=N–C) groups is 1. The molecule has 1 saturated carbocycles. The van der Waals surface area contributed by atoms with Gasteiger partial charge in [0.2, 0.25) is 0 Å². The summed E-state index contributed by atoms with van der Waals surface area (Å²) in [5.41, 5.74) is 8.92. The second-order valence-electron chi connectivity index (χ2n) is 5.60. The van der Waals surface area contributed by atoms with E-state index in [4.69, 9.17) is 11.6 Å². The first kappa shape index (κ1) is 14.2. The van der Waals surface area contributed by atoms with Gasteiger partial charge in [-0.15, -0.1) is 0 Å². The van der Waals surface area contributed by atoms with Crippen LogP contribution < -0.4 is 16.7 Å². The van der Waals surface area contributed by atoms with E-state index in [1.807, 2.05) is 0 Å². The van der Waals surface area contributed by atoms with Crippen molar-refractivity contribution in [3.8, 4) is 0 Å². The highest BCUT2D eigenvalue weighted by Crippen LogP contribution is 2.35. The topological polar surface area (TPSA) is 111 Å². The third-order valence-electron chi connectivity index (χ3n) is 4.22. The summed E-state index contributed by atoms with van der Waals surface area (Å²) in [5.74, 6) is 7.87. The summed E-state index contributed by atoms with van der Waals surface area (Å²) < 4.78 is 0. The number of guanidine groups is 1. The summed E-state index contributed by atoms with van der Waals surface area (Å²) >= 11 is 0. The second-order valence-corrected chi connectivity index (χ2v) is 5.60. The summed E-state index contributed by atoms with van der Waals surface area (Å²) in [7, 11) is 1.66. The van der Waals surface area contributed by atoms with Crippen molar-refractivity contribution >= 4 is 11.9 Å². The summed E-state index contributed by atoms with van der Waals surface area (Å²) in [6, 6.07) is 0. The van der Waals surface area contributed by atoms with Gasteiger partial charge in [-0.3, -0.25) is 9.69 Å². The third-order valence-corrected chi connectivity index (χ3v) is 4.22. The van der Waals surface area contributed by atoms with Crippen LogP contribution in [0.5, 0.6) is 0 Å². The number of likely N-dealkylation sites (N-methyl/N-ethyl adjacent to an activating group) is 1. The molecule has 0 spiro atoms. The fraction of sp³-hybridized carbons (Fsp3) is 0.833. The maximum atomic E-state index is 12.4. The molecule has 0 aromatic rings. The maximum Gasteiger partial charge on any atom is 0.258 e. The van der Waals surface area contributed by atoms with Gasteiger partial charge in [0, 0.05) is 7.05 Å². The number of nitrogens with zero attached hydrogens (tertiary/aromatic N) is 2. The summed E-state index contributed by atoms with van der Waals surface area (Å²) in [4.78, 5) is 18.3. The molecule has 7 nitrogen and oxygen atoms in total. The van der Waals surface area contributed by atoms with Gasteiger partial charge in [-0.1, -0.05) is 32.1 Å². The molecule has 1 unspecified atom stereocenters. The van der Waals surface area contributed by atoms with Crippen LogP contribution in [0.25, 0.3) is 5.84 Å². The zero-order valence-corrected chi connectivity index (χ0v) is 11.5. The SMILES string of the molecule is CN1C(=O)C(CN[NH2+][NH-])(CC2CCCCC2)N=C1N. The van der Waals surface area contributed by atoms with Gasteiger partial charge in [-0.05, 0) is 12.3 Å². The first-order valence-corrected chi connectivity index (χ1v) is 6.95.